The van der Waals surface area contributed by atoms with Gasteiger partial charge in [-0.15, -0.1) is 11.3 Å². The average molecular weight is 472 g/mol. The van der Waals surface area contributed by atoms with Crippen LogP contribution in [0.1, 0.15) is 11.3 Å². The van der Waals surface area contributed by atoms with Crippen LogP contribution in [0.2, 0.25) is 5.02 Å². The molecule has 0 unspecified atom stereocenters. The number of hydrogen-bond donors (Lipinski definition) is 1. The third-order valence-corrected chi connectivity index (χ3v) is 6.07. The van der Waals surface area contributed by atoms with Crippen molar-refractivity contribution in [2.24, 2.45) is 0 Å². The maximum atomic E-state index is 14.9. The maximum Gasteiger partial charge on any atom is 0.292 e. The van der Waals surface area contributed by atoms with Crippen LogP contribution in [0, 0.1) is 12.7 Å². The number of methoxy groups -OCH3 is 1. The molecule has 0 saturated heterocycles. The molecule has 0 bridgehead atoms. The van der Waals surface area contributed by atoms with Gasteiger partial charge < -0.3 is 19.6 Å². The highest BCUT2D eigenvalue weighted by Gasteiger charge is 2.20. The Bertz CT molecular complexity index is 1490. The van der Waals surface area contributed by atoms with Crippen LogP contribution in [0.5, 0.6) is 11.6 Å². The molecular weight excluding hydrogens is 457 g/mol. The minimum Gasteiger partial charge on any atom is -0.484 e. The number of anilines is 1. The summed E-state index contributed by atoms with van der Waals surface area (Å²) in [5.74, 6) is -0.303. The van der Waals surface area contributed by atoms with Crippen LogP contribution in [0.25, 0.3) is 31.8 Å². The van der Waals surface area contributed by atoms with Crippen LogP contribution in [-0.2, 0) is 6.61 Å². The second-order valence-corrected chi connectivity index (χ2v) is 8.34. The number of thiazole rings is 1. The predicted octanol–water partition coefficient (Wildman–Crippen LogP) is 5.17. The summed E-state index contributed by atoms with van der Waals surface area (Å²) in [7, 11) is 1.54. The number of aryl methyl sites for hydroxylation is 1. The summed E-state index contributed by atoms with van der Waals surface area (Å²) < 4.78 is 31.2. The highest BCUT2D eigenvalue weighted by Crippen LogP contribution is 2.40. The second-order valence-electron chi connectivity index (χ2n) is 6.93. The molecule has 0 saturated carbocycles. The van der Waals surface area contributed by atoms with E-state index in [4.69, 9.17) is 31.2 Å². The molecule has 3 aromatic heterocycles. The Morgan fingerprint density at radius 2 is 2.03 bits per heavy atom. The van der Waals surface area contributed by atoms with Crippen LogP contribution in [0.3, 0.4) is 0 Å². The Hall–Kier alpha value is -3.50. The summed E-state index contributed by atoms with van der Waals surface area (Å²) in [5, 5.41) is 0.514. The predicted molar refractivity (Wildman–Crippen MR) is 120 cm³/mol. The molecule has 0 aliphatic heterocycles. The van der Waals surface area contributed by atoms with Crippen LogP contribution >= 0.6 is 22.9 Å². The maximum absolute atomic E-state index is 14.9. The summed E-state index contributed by atoms with van der Waals surface area (Å²) >= 11 is 7.65. The number of nitrogens with two attached hydrogens (primary N) is 1. The van der Waals surface area contributed by atoms with Crippen LogP contribution in [0.4, 0.5) is 10.4 Å². The largest absolute Gasteiger partial charge is 0.484 e. The lowest BCUT2D eigenvalue weighted by molar-refractivity contribution is 0.286. The van der Waals surface area contributed by atoms with Crippen molar-refractivity contribution in [3.8, 4) is 22.2 Å². The van der Waals surface area contributed by atoms with E-state index in [-0.39, 0.29) is 23.4 Å². The van der Waals surface area contributed by atoms with Gasteiger partial charge in [0.05, 0.1) is 29.0 Å². The molecule has 0 atom stereocenters. The van der Waals surface area contributed by atoms with Gasteiger partial charge in [0.1, 0.15) is 34.1 Å². The van der Waals surface area contributed by atoms with Gasteiger partial charge in [0, 0.05) is 11.6 Å². The van der Waals surface area contributed by atoms with Gasteiger partial charge in [-0.3, -0.25) is 0 Å². The van der Waals surface area contributed by atoms with Gasteiger partial charge >= 0.3 is 0 Å². The fraction of sp³-hybridized carbons (Fsp3) is 0.143. The summed E-state index contributed by atoms with van der Waals surface area (Å²) in [4.78, 5) is 17.5. The zero-order chi connectivity index (χ0) is 22.4. The summed E-state index contributed by atoms with van der Waals surface area (Å²) in [6.07, 6.45) is 2.89. The minimum atomic E-state index is -0.703. The van der Waals surface area contributed by atoms with Crippen molar-refractivity contribution in [2.75, 3.05) is 12.8 Å². The third kappa shape index (κ3) is 3.57. The molecular formula is C21H15ClFN5O3S. The third-order valence-electron chi connectivity index (χ3n) is 4.69. The molecule has 0 radical (unpaired) electrons. The number of fused-ring (bicyclic) bond motifs is 2. The normalized spacial score (nSPS) is 11.4. The first-order valence-corrected chi connectivity index (χ1v) is 10.6. The van der Waals surface area contributed by atoms with E-state index in [2.05, 4.69) is 19.9 Å². The van der Waals surface area contributed by atoms with Gasteiger partial charge in [0.25, 0.3) is 6.01 Å². The lowest BCUT2D eigenvalue weighted by atomic mass is 10.1. The van der Waals surface area contributed by atoms with E-state index in [0.29, 0.717) is 37.8 Å². The van der Waals surface area contributed by atoms with Gasteiger partial charge in [-0.1, -0.05) is 11.6 Å². The fourth-order valence-electron chi connectivity index (χ4n) is 3.25. The molecule has 0 fully saturated rings. The van der Waals surface area contributed by atoms with Crippen molar-refractivity contribution in [1.29, 1.82) is 0 Å². The van der Waals surface area contributed by atoms with Crippen LogP contribution < -0.4 is 15.2 Å². The van der Waals surface area contributed by atoms with E-state index in [9.17, 15) is 4.39 Å². The monoisotopic (exact) mass is 471 g/mol. The molecule has 162 valence electrons. The zero-order valence-electron chi connectivity index (χ0n) is 16.8. The molecule has 0 aliphatic carbocycles. The zero-order valence-corrected chi connectivity index (χ0v) is 18.4. The van der Waals surface area contributed by atoms with Crippen molar-refractivity contribution in [3.63, 3.8) is 0 Å². The summed E-state index contributed by atoms with van der Waals surface area (Å²) in [6, 6.07) is 5.44. The topological polar surface area (TPSA) is 109 Å². The van der Waals surface area contributed by atoms with Crippen molar-refractivity contribution < 1.29 is 18.3 Å². The highest BCUT2D eigenvalue weighted by atomic mass is 35.5. The van der Waals surface area contributed by atoms with E-state index in [1.807, 2.05) is 19.1 Å². The number of ether oxygens (including phenoxy) is 2. The van der Waals surface area contributed by atoms with Gasteiger partial charge in [0.15, 0.2) is 11.6 Å². The number of rotatable bonds is 5. The number of benzene rings is 2. The SMILES string of the molecule is COc1cnc2c(-c3nc4c(Cl)c(F)c(OCc5coc(N)n5)cc4s3)cc(C)cc2n1. The first-order chi connectivity index (χ1) is 15.4. The van der Waals surface area contributed by atoms with Crippen molar-refractivity contribution in [2.45, 2.75) is 13.5 Å². The van der Waals surface area contributed by atoms with Gasteiger partial charge in [-0.25, -0.2) is 19.3 Å². The first-order valence-electron chi connectivity index (χ1n) is 9.36. The Morgan fingerprint density at radius 1 is 1.19 bits per heavy atom. The molecule has 5 rings (SSSR count). The molecule has 0 spiro atoms. The average Bonchev–Trinajstić information content (AvgIpc) is 3.40. The molecule has 0 aliphatic rings. The van der Waals surface area contributed by atoms with E-state index in [1.165, 1.54) is 24.7 Å². The van der Waals surface area contributed by atoms with E-state index in [0.717, 1.165) is 11.1 Å². The summed E-state index contributed by atoms with van der Waals surface area (Å²) in [6.45, 7) is 1.93. The van der Waals surface area contributed by atoms with E-state index >= 15 is 0 Å². The molecule has 11 heteroatoms. The Labute approximate surface area is 189 Å². The van der Waals surface area contributed by atoms with E-state index < -0.39 is 5.82 Å². The van der Waals surface area contributed by atoms with Gasteiger partial charge in [-0.2, -0.15) is 4.98 Å². The summed E-state index contributed by atoms with van der Waals surface area (Å²) in [5.41, 5.74) is 9.31. The fourth-order valence-corrected chi connectivity index (χ4v) is 4.57. The second kappa shape index (κ2) is 7.88. The molecule has 3 heterocycles. The first kappa shape index (κ1) is 20.4. The Morgan fingerprint density at radius 3 is 2.78 bits per heavy atom. The molecule has 2 N–H and O–H groups in total. The number of hydrogen-bond acceptors (Lipinski definition) is 9. The Balaban J connectivity index is 1.58. The molecule has 0 amide bonds. The van der Waals surface area contributed by atoms with Crippen molar-refractivity contribution >= 4 is 50.2 Å². The number of nitrogens with zero attached hydrogens (tertiary/aromatic N) is 4. The lowest BCUT2D eigenvalue weighted by Gasteiger charge is -2.06. The van der Waals surface area contributed by atoms with Crippen molar-refractivity contribution in [3.05, 3.63) is 52.8 Å². The molecule has 5 aromatic rings. The number of halogens is 2. The van der Waals surface area contributed by atoms with E-state index in [1.54, 1.807) is 12.3 Å². The van der Waals surface area contributed by atoms with Crippen LogP contribution in [0.15, 0.2) is 35.1 Å². The number of aromatic nitrogens is 4. The standard InChI is InChI=1S/C21H15ClFN5O3S/c1-9-3-11(18-12(4-9)27-15(29-2)6-25-18)20-28-19-14(32-20)5-13(17(23)16(19)22)30-7-10-8-31-21(24)26-10/h3-6,8H,7H2,1-2H3,(H2,24,26). The quantitative estimate of drug-likeness (QED) is 0.374. The smallest absolute Gasteiger partial charge is 0.292 e. The number of nitrogen functional groups attached to an aromatic ring is 1. The Kier molecular flexibility index (Phi) is 5.03. The van der Waals surface area contributed by atoms with Gasteiger partial charge in [0.2, 0.25) is 5.88 Å². The molecule has 2 aromatic carbocycles. The lowest BCUT2D eigenvalue weighted by Crippen LogP contribution is -1.99. The molecule has 8 nitrogen and oxygen atoms in total. The number of oxazole rings is 1. The van der Waals surface area contributed by atoms with Crippen molar-refractivity contribution in [1.82, 2.24) is 19.9 Å². The van der Waals surface area contributed by atoms with Gasteiger partial charge in [-0.05, 0) is 24.6 Å². The highest BCUT2D eigenvalue weighted by molar-refractivity contribution is 7.21. The van der Waals surface area contributed by atoms with Crippen LogP contribution in [-0.4, -0.2) is 27.0 Å². The molecule has 32 heavy (non-hydrogen) atoms. The minimum absolute atomic E-state index is 0.00996.